The molecule has 0 aliphatic carbocycles. The lowest BCUT2D eigenvalue weighted by atomic mass is 10.1. The van der Waals surface area contributed by atoms with Gasteiger partial charge in [0.15, 0.2) is 0 Å². The Labute approximate surface area is 121 Å². The molecule has 0 saturated heterocycles. The van der Waals surface area contributed by atoms with Crippen molar-refractivity contribution in [3.8, 4) is 0 Å². The molecule has 2 N–H and O–H groups in total. The Bertz CT molecular complexity index is 355. The Hall–Kier alpha value is -0.700. The van der Waals surface area contributed by atoms with E-state index >= 15 is 0 Å². The molecule has 19 heavy (non-hydrogen) atoms. The van der Waals surface area contributed by atoms with Gasteiger partial charge in [-0.1, -0.05) is 51.9 Å². The third-order valence-electron chi connectivity index (χ3n) is 3.21. The van der Waals surface area contributed by atoms with E-state index in [0.717, 1.165) is 10.6 Å². The van der Waals surface area contributed by atoms with Crippen LogP contribution in [0.5, 0.6) is 0 Å². The number of anilines is 1. The molecule has 1 aromatic rings. The highest BCUT2D eigenvalue weighted by Gasteiger charge is 2.02. The smallest absolute Gasteiger partial charge is 0.138 e. The molecule has 0 bridgehead atoms. The summed E-state index contributed by atoms with van der Waals surface area (Å²) in [6.07, 6.45) is 10.5. The van der Waals surface area contributed by atoms with Gasteiger partial charge in [-0.15, -0.1) is 11.8 Å². The maximum atomic E-state index is 13.5. The molecule has 0 aliphatic rings. The van der Waals surface area contributed by atoms with Gasteiger partial charge in [-0.25, -0.2) is 4.39 Å². The lowest BCUT2D eigenvalue weighted by Gasteiger charge is -2.04. The van der Waals surface area contributed by atoms with Crippen LogP contribution in [0.3, 0.4) is 0 Å². The van der Waals surface area contributed by atoms with Crippen molar-refractivity contribution in [3.05, 3.63) is 24.0 Å². The molecule has 108 valence electrons. The second-order valence-corrected chi connectivity index (χ2v) is 6.15. The Morgan fingerprint density at radius 2 is 1.63 bits per heavy atom. The summed E-state index contributed by atoms with van der Waals surface area (Å²) in [4.78, 5) is 0.720. The van der Waals surface area contributed by atoms with Crippen molar-refractivity contribution in [2.75, 3.05) is 11.5 Å². The molecular weight excluding hydrogens is 257 g/mol. The van der Waals surface area contributed by atoms with Gasteiger partial charge in [0.05, 0.1) is 0 Å². The SMILES string of the molecule is CCCCCCCCCCSc1ccc(N)cc1F. The first kappa shape index (κ1) is 16.4. The molecule has 0 saturated carbocycles. The van der Waals surface area contributed by atoms with E-state index in [4.69, 9.17) is 5.73 Å². The van der Waals surface area contributed by atoms with E-state index < -0.39 is 0 Å². The van der Waals surface area contributed by atoms with E-state index in [0.29, 0.717) is 5.69 Å². The van der Waals surface area contributed by atoms with Crippen LogP contribution in [0.2, 0.25) is 0 Å². The summed E-state index contributed by atoms with van der Waals surface area (Å²) in [5.41, 5.74) is 6.02. The van der Waals surface area contributed by atoms with E-state index in [2.05, 4.69) is 6.92 Å². The highest BCUT2D eigenvalue weighted by atomic mass is 32.2. The zero-order valence-electron chi connectivity index (χ0n) is 12.0. The second-order valence-electron chi connectivity index (χ2n) is 5.01. The van der Waals surface area contributed by atoms with Gasteiger partial charge in [0, 0.05) is 10.6 Å². The Kier molecular flexibility index (Phi) is 8.72. The van der Waals surface area contributed by atoms with Crippen LogP contribution < -0.4 is 5.73 Å². The molecule has 0 atom stereocenters. The molecule has 0 radical (unpaired) electrons. The lowest BCUT2D eigenvalue weighted by molar-refractivity contribution is 0.586. The number of nitrogen functional groups attached to an aromatic ring is 1. The van der Waals surface area contributed by atoms with Crippen molar-refractivity contribution in [2.45, 2.75) is 63.2 Å². The van der Waals surface area contributed by atoms with Gasteiger partial charge < -0.3 is 5.73 Å². The molecule has 1 aromatic carbocycles. The van der Waals surface area contributed by atoms with Crippen molar-refractivity contribution < 1.29 is 4.39 Å². The van der Waals surface area contributed by atoms with Gasteiger partial charge in [-0.2, -0.15) is 0 Å². The van der Waals surface area contributed by atoms with Crippen LogP contribution in [0.25, 0.3) is 0 Å². The minimum atomic E-state index is -0.190. The van der Waals surface area contributed by atoms with Gasteiger partial charge in [-0.05, 0) is 30.4 Å². The van der Waals surface area contributed by atoms with Crippen LogP contribution in [0.1, 0.15) is 58.3 Å². The highest BCUT2D eigenvalue weighted by Crippen LogP contribution is 2.24. The summed E-state index contributed by atoms with van der Waals surface area (Å²) < 4.78 is 13.5. The Morgan fingerprint density at radius 3 is 2.26 bits per heavy atom. The molecule has 0 amide bonds. The van der Waals surface area contributed by atoms with Gasteiger partial charge in [-0.3, -0.25) is 0 Å². The zero-order valence-corrected chi connectivity index (χ0v) is 12.8. The maximum absolute atomic E-state index is 13.5. The van der Waals surface area contributed by atoms with Crippen molar-refractivity contribution in [1.82, 2.24) is 0 Å². The van der Waals surface area contributed by atoms with Crippen molar-refractivity contribution >= 4 is 17.4 Å². The number of hydrogen-bond acceptors (Lipinski definition) is 2. The molecule has 1 nitrogen and oxygen atoms in total. The number of nitrogens with two attached hydrogens (primary N) is 1. The fourth-order valence-corrected chi connectivity index (χ4v) is 2.98. The largest absolute Gasteiger partial charge is 0.399 e. The fraction of sp³-hybridized carbons (Fsp3) is 0.625. The summed E-state index contributed by atoms with van der Waals surface area (Å²) in [5.74, 6) is 0.806. The van der Waals surface area contributed by atoms with Crippen LogP contribution in [-0.4, -0.2) is 5.75 Å². The number of unbranched alkanes of at least 4 members (excludes halogenated alkanes) is 7. The summed E-state index contributed by atoms with van der Waals surface area (Å²) in [6, 6.07) is 4.94. The zero-order chi connectivity index (χ0) is 13.9. The van der Waals surface area contributed by atoms with Crippen LogP contribution in [-0.2, 0) is 0 Å². The molecule has 0 fully saturated rings. The number of rotatable bonds is 10. The van der Waals surface area contributed by atoms with Gasteiger partial charge in [0.1, 0.15) is 5.82 Å². The Balaban J connectivity index is 2.01. The van der Waals surface area contributed by atoms with Gasteiger partial charge >= 0.3 is 0 Å². The third kappa shape index (κ3) is 7.46. The summed E-state index contributed by atoms with van der Waals surface area (Å²) in [6.45, 7) is 2.24. The summed E-state index contributed by atoms with van der Waals surface area (Å²) in [7, 11) is 0. The van der Waals surface area contributed by atoms with Crippen LogP contribution in [0.15, 0.2) is 23.1 Å². The standard InChI is InChI=1S/C16H26FNS/c1-2-3-4-5-6-7-8-9-12-19-16-11-10-14(18)13-15(16)17/h10-11,13H,2-9,12,18H2,1H3. The van der Waals surface area contributed by atoms with Gasteiger partial charge in [0.2, 0.25) is 0 Å². The number of halogens is 1. The quantitative estimate of drug-likeness (QED) is 0.341. The van der Waals surface area contributed by atoms with Crippen LogP contribution in [0.4, 0.5) is 10.1 Å². The summed E-state index contributed by atoms with van der Waals surface area (Å²) in [5, 5.41) is 0. The number of thioether (sulfide) groups is 1. The van der Waals surface area contributed by atoms with E-state index in [1.165, 1.54) is 57.4 Å². The highest BCUT2D eigenvalue weighted by molar-refractivity contribution is 7.99. The second kappa shape index (κ2) is 10.1. The monoisotopic (exact) mass is 283 g/mol. The van der Waals surface area contributed by atoms with Crippen molar-refractivity contribution in [2.24, 2.45) is 0 Å². The van der Waals surface area contributed by atoms with E-state index in [9.17, 15) is 4.39 Å². The predicted octanol–water partition coefficient (Wildman–Crippen LogP) is 5.64. The molecule has 3 heteroatoms. The molecule has 0 heterocycles. The predicted molar refractivity (Wildman–Crippen MR) is 84.1 cm³/mol. The normalized spacial score (nSPS) is 10.8. The first-order chi connectivity index (χ1) is 9.24. The van der Waals surface area contributed by atoms with E-state index in [1.807, 2.05) is 0 Å². The molecule has 0 spiro atoms. The molecule has 1 rings (SSSR count). The fourth-order valence-electron chi connectivity index (χ4n) is 2.05. The average molecular weight is 283 g/mol. The first-order valence-corrected chi connectivity index (χ1v) is 8.40. The minimum absolute atomic E-state index is 0.190. The molecule has 0 aliphatic heterocycles. The lowest BCUT2D eigenvalue weighted by Crippen LogP contribution is -1.89. The Morgan fingerprint density at radius 1 is 1.00 bits per heavy atom. The van der Waals surface area contributed by atoms with Crippen molar-refractivity contribution in [1.29, 1.82) is 0 Å². The van der Waals surface area contributed by atoms with Gasteiger partial charge in [0.25, 0.3) is 0 Å². The van der Waals surface area contributed by atoms with Crippen LogP contribution in [0, 0.1) is 5.82 Å². The van der Waals surface area contributed by atoms with E-state index in [-0.39, 0.29) is 5.82 Å². The van der Waals surface area contributed by atoms with Crippen LogP contribution >= 0.6 is 11.8 Å². The average Bonchev–Trinajstić information content (AvgIpc) is 2.39. The number of hydrogen-bond donors (Lipinski definition) is 1. The molecule has 0 aromatic heterocycles. The molecular formula is C16H26FNS. The summed E-state index contributed by atoms with van der Waals surface area (Å²) >= 11 is 1.60. The first-order valence-electron chi connectivity index (χ1n) is 7.42. The maximum Gasteiger partial charge on any atom is 0.138 e. The van der Waals surface area contributed by atoms with E-state index in [1.54, 1.807) is 23.9 Å². The third-order valence-corrected chi connectivity index (χ3v) is 4.35. The minimum Gasteiger partial charge on any atom is -0.399 e. The number of benzene rings is 1. The van der Waals surface area contributed by atoms with Crippen molar-refractivity contribution in [3.63, 3.8) is 0 Å². The molecule has 0 unspecified atom stereocenters. The topological polar surface area (TPSA) is 26.0 Å².